The second-order valence-electron chi connectivity index (χ2n) is 5.61. The Labute approximate surface area is 144 Å². The molecule has 1 amide bonds. The van der Waals surface area contributed by atoms with E-state index in [-0.39, 0.29) is 12.5 Å². The van der Waals surface area contributed by atoms with Gasteiger partial charge in [0.2, 0.25) is 0 Å². The Hall–Kier alpha value is -2.44. The highest BCUT2D eigenvalue weighted by Gasteiger charge is 2.22. The summed E-state index contributed by atoms with van der Waals surface area (Å²) in [5, 5.41) is 16.4. The SMILES string of the molecule is Cn1cc(C(=O)N(Cc2ccccc2)C[C@@H](O)c2cccs2)cn1. The predicted molar refractivity (Wildman–Crippen MR) is 93.7 cm³/mol. The van der Waals surface area contributed by atoms with Gasteiger partial charge in [-0.15, -0.1) is 11.3 Å². The van der Waals surface area contributed by atoms with Crippen molar-refractivity contribution in [2.75, 3.05) is 6.54 Å². The largest absolute Gasteiger partial charge is 0.386 e. The van der Waals surface area contributed by atoms with Crippen molar-refractivity contribution in [3.05, 3.63) is 76.2 Å². The Balaban J connectivity index is 1.81. The zero-order valence-electron chi connectivity index (χ0n) is 13.4. The molecule has 3 rings (SSSR count). The van der Waals surface area contributed by atoms with Crippen LogP contribution in [0, 0.1) is 0 Å². The van der Waals surface area contributed by atoms with Crippen molar-refractivity contribution in [1.82, 2.24) is 14.7 Å². The summed E-state index contributed by atoms with van der Waals surface area (Å²) in [5.74, 6) is -0.137. The van der Waals surface area contributed by atoms with E-state index in [9.17, 15) is 9.90 Å². The first-order valence-corrected chi connectivity index (χ1v) is 8.55. The Morgan fingerprint density at radius 1 is 1.29 bits per heavy atom. The molecule has 2 heterocycles. The number of rotatable bonds is 6. The van der Waals surface area contributed by atoms with Gasteiger partial charge in [0.1, 0.15) is 6.10 Å². The first-order valence-electron chi connectivity index (χ1n) is 7.67. The van der Waals surface area contributed by atoms with Gasteiger partial charge in [-0.25, -0.2) is 0 Å². The van der Waals surface area contributed by atoms with Crippen molar-refractivity contribution in [2.45, 2.75) is 12.6 Å². The summed E-state index contributed by atoms with van der Waals surface area (Å²) in [7, 11) is 1.78. The zero-order chi connectivity index (χ0) is 16.9. The Morgan fingerprint density at radius 2 is 2.08 bits per heavy atom. The lowest BCUT2D eigenvalue weighted by Crippen LogP contribution is -2.34. The monoisotopic (exact) mass is 341 g/mol. The fourth-order valence-corrected chi connectivity index (χ4v) is 3.22. The third-order valence-corrected chi connectivity index (χ3v) is 4.69. The molecule has 1 N–H and O–H groups in total. The molecule has 0 saturated carbocycles. The molecule has 0 aliphatic carbocycles. The maximum Gasteiger partial charge on any atom is 0.257 e. The number of thiophene rings is 1. The molecule has 1 atom stereocenters. The van der Waals surface area contributed by atoms with Gasteiger partial charge in [0, 0.05) is 24.7 Å². The molecule has 0 fully saturated rings. The van der Waals surface area contributed by atoms with Crippen molar-refractivity contribution < 1.29 is 9.90 Å². The van der Waals surface area contributed by atoms with Crippen LogP contribution in [-0.2, 0) is 13.6 Å². The van der Waals surface area contributed by atoms with Crippen molar-refractivity contribution >= 4 is 17.2 Å². The molecule has 0 aliphatic heterocycles. The lowest BCUT2D eigenvalue weighted by molar-refractivity contribution is 0.0609. The smallest absolute Gasteiger partial charge is 0.257 e. The summed E-state index contributed by atoms with van der Waals surface area (Å²) in [6.07, 6.45) is 2.55. The van der Waals surface area contributed by atoms with Crippen LogP contribution in [-0.4, -0.2) is 32.2 Å². The third-order valence-electron chi connectivity index (χ3n) is 3.72. The van der Waals surface area contributed by atoms with Crippen LogP contribution in [0.3, 0.4) is 0 Å². The Kier molecular flexibility index (Phi) is 5.08. The molecule has 0 spiro atoms. The van der Waals surface area contributed by atoms with Crippen molar-refractivity contribution in [1.29, 1.82) is 0 Å². The van der Waals surface area contributed by atoms with E-state index in [1.165, 1.54) is 11.3 Å². The van der Waals surface area contributed by atoms with E-state index < -0.39 is 6.10 Å². The van der Waals surface area contributed by atoms with E-state index in [1.807, 2.05) is 47.8 Å². The molecule has 24 heavy (non-hydrogen) atoms. The number of nitrogens with zero attached hydrogens (tertiary/aromatic N) is 3. The fourth-order valence-electron chi connectivity index (χ4n) is 2.52. The van der Waals surface area contributed by atoms with E-state index in [2.05, 4.69) is 5.10 Å². The van der Waals surface area contributed by atoms with Gasteiger partial charge in [0.25, 0.3) is 5.91 Å². The average molecular weight is 341 g/mol. The summed E-state index contributed by atoms with van der Waals surface area (Å²) >= 11 is 1.49. The first-order chi connectivity index (χ1) is 11.6. The molecule has 2 aromatic heterocycles. The summed E-state index contributed by atoms with van der Waals surface area (Å²) < 4.78 is 1.60. The topological polar surface area (TPSA) is 58.4 Å². The zero-order valence-corrected chi connectivity index (χ0v) is 14.2. The number of hydrogen-bond donors (Lipinski definition) is 1. The second-order valence-corrected chi connectivity index (χ2v) is 6.58. The maximum absolute atomic E-state index is 12.8. The molecule has 0 unspecified atom stereocenters. The van der Waals surface area contributed by atoms with E-state index in [0.29, 0.717) is 12.1 Å². The molecule has 1 aromatic carbocycles. The van der Waals surface area contributed by atoms with Crippen LogP contribution < -0.4 is 0 Å². The number of aliphatic hydroxyl groups is 1. The van der Waals surface area contributed by atoms with E-state index in [4.69, 9.17) is 0 Å². The fraction of sp³-hybridized carbons (Fsp3) is 0.222. The van der Waals surface area contributed by atoms with Crippen LogP contribution in [0.4, 0.5) is 0 Å². The summed E-state index contributed by atoms with van der Waals surface area (Å²) in [6.45, 7) is 0.681. The second kappa shape index (κ2) is 7.42. The van der Waals surface area contributed by atoms with Gasteiger partial charge in [-0.3, -0.25) is 9.48 Å². The van der Waals surface area contributed by atoms with Gasteiger partial charge >= 0.3 is 0 Å². The molecule has 124 valence electrons. The molecule has 0 bridgehead atoms. The van der Waals surface area contributed by atoms with Crippen LogP contribution in [0.5, 0.6) is 0 Å². The van der Waals surface area contributed by atoms with E-state index in [0.717, 1.165) is 10.4 Å². The normalized spacial score (nSPS) is 12.1. The van der Waals surface area contributed by atoms with Crippen LogP contribution in [0.15, 0.2) is 60.2 Å². The molecule has 6 heteroatoms. The van der Waals surface area contributed by atoms with E-state index >= 15 is 0 Å². The highest BCUT2D eigenvalue weighted by Crippen LogP contribution is 2.21. The molecular weight excluding hydrogens is 322 g/mol. The van der Waals surface area contributed by atoms with Crippen LogP contribution in [0.25, 0.3) is 0 Å². The van der Waals surface area contributed by atoms with Gasteiger partial charge in [0.15, 0.2) is 0 Å². The van der Waals surface area contributed by atoms with Crippen molar-refractivity contribution in [2.24, 2.45) is 7.05 Å². The highest BCUT2D eigenvalue weighted by molar-refractivity contribution is 7.10. The minimum atomic E-state index is -0.700. The third kappa shape index (κ3) is 3.90. The number of aryl methyl sites for hydroxylation is 1. The summed E-state index contributed by atoms with van der Waals surface area (Å²) in [5.41, 5.74) is 1.54. The van der Waals surface area contributed by atoms with Crippen LogP contribution in [0.2, 0.25) is 0 Å². The van der Waals surface area contributed by atoms with Crippen LogP contribution >= 0.6 is 11.3 Å². The lowest BCUT2D eigenvalue weighted by Gasteiger charge is -2.24. The quantitative estimate of drug-likeness (QED) is 0.750. The number of carbonyl (C=O) groups excluding carboxylic acids is 1. The average Bonchev–Trinajstić information content (AvgIpc) is 3.26. The predicted octanol–water partition coefficient (Wildman–Crippen LogP) is 2.86. The molecule has 0 saturated heterocycles. The number of amides is 1. The number of carbonyl (C=O) groups is 1. The minimum absolute atomic E-state index is 0.137. The van der Waals surface area contributed by atoms with Gasteiger partial charge in [0.05, 0.1) is 18.3 Å². The van der Waals surface area contributed by atoms with Gasteiger partial charge in [-0.2, -0.15) is 5.10 Å². The molecule has 3 aromatic rings. The van der Waals surface area contributed by atoms with Gasteiger partial charge in [-0.1, -0.05) is 36.4 Å². The molecule has 5 nitrogen and oxygen atoms in total. The van der Waals surface area contributed by atoms with E-state index in [1.54, 1.807) is 29.0 Å². The number of aromatic nitrogens is 2. The number of hydrogen-bond acceptors (Lipinski definition) is 4. The molecular formula is C18H19N3O2S. The standard InChI is InChI=1S/C18H19N3O2S/c1-20-12-15(10-19-20)18(23)21(11-14-6-3-2-4-7-14)13-16(22)17-8-5-9-24-17/h2-10,12,16,22H,11,13H2,1H3/t16-/m1/s1. The first kappa shape index (κ1) is 16.4. The lowest BCUT2D eigenvalue weighted by atomic mass is 10.1. The van der Waals surface area contributed by atoms with Crippen molar-refractivity contribution in [3.8, 4) is 0 Å². The number of aliphatic hydroxyl groups excluding tert-OH is 1. The van der Waals surface area contributed by atoms with Crippen LogP contribution in [0.1, 0.15) is 26.9 Å². The van der Waals surface area contributed by atoms with Gasteiger partial charge in [-0.05, 0) is 17.0 Å². The minimum Gasteiger partial charge on any atom is -0.386 e. The number of benzene rings is 1. The maximum atomic E-state index is 12.8. The Morgan fingerprint density at radius 3 is 2.71 bits per heavy atom. The van der Waals surface area contributed by atoms with Gasteiger partial charge < -0.3 is 10.0 Å². The molecule has 0 radical (unpaired) electrons. The summed E-state index contributed by atoms with van der Waals surface area (Å²) in [6, 6.07) is 13.5. The molecule has 0 aliphatic rings. The summed E-state index contributed by atoms with van der Waals surface area (Å²) in [4.78, 5) is 15.3. The van der Waals surface area contributed by atoms with Crippen molar-refractivity contribution in [3.63, 3.8) is 0 Å². The highest BCUT2D eigenvalue weighted by atomic mass is 32.1. The Bertz CT molecular complexity index is 784.